The van der Waals surface area contributed by atoms with Crippen molar-refractivity contribution in [2.75, 3.05) is 6.26 Å². The fourth-order valence-corrected chi connectivity index (χ4v) is 2.21. The Balaban J connectivity index is 5.07. The van der Waals surface area contributed by atoms with Crippen LogP contribution in [0.5, 0.6) is 0 Å². The largest absolute Gasteiger partial charge is 0.427 e. The molecule has 86 valence electrons. The molecule has 0 aliphatic heterocycles. The molecule has 0 bridgehead atoms. The van der Waals surface area contributed by atoms with Crippen molar-refractivity contribution in [2.45, 2.75) is 12.0 Å². The van der Waals surface area contributed by atoms with Crippen molar-refractivity contribution >= 4 is 17.7 Å². The molecular weight excluding hydrogens is 252 g/mol. The molecule has 0 aromatic carbocycles. The zero-order chi connectivity index (χ0) is 11.8. The van der Waals surface area contributed by atoms with Crippen molar-refractivity contribution in [2.24, 2.45) is 0 Å². The number of hydrogen-bond acceptors (Lipinski definition) is 4. The average molecular weight is 258 g/mol. The van der Waals surface area contributed by atoms with Crippen molar-refractivity contribution in [3.8, 4) is 0 Å². The maximum absolute atomic E-state index is 11.9. The quantitative estimate of drug-likeness (QED) is 0.547. The zero-order valence-electron chi connectivity index (χ0n) is 6.59. The monoisotopic (exact) mass is 258 g/mol. The maximum Gasteiger partial charge on any atom is 0.427 e. The third kappa shape index (κ3) is 4.91. The van der Waals surface area contributed by atoms with Crippen molar-refractivity contribution in [1.82, 2.24) is 0 Å². The van der Waals surface area contributed by atoms with Gasteiger partial charge in [0.1, 0.15) is 0 Å². The van der Waals surface area contributed by atoms with Gasteiger partial charge in [0.05, 0.1) is 6.26 Å². The first-order valence-electron chi connectivity index (χ1n) is 2.84. The molecule has 0 rings (SSSR count). The number of halogens is 3. The van der Waals surface area contributed by atoms with Gasteiger partial charge in [-0.15, -0.1) is 0 Å². The first kappa shape index (κ1) is 13.8. The molecule has 0 saturated carbocycles. The minimum Gasteiger partial charge on any atom is -0.322 e. The van der Waals surface area contributed by atoms with Crippen LogP contribution in [0.2, 0.25) is 0 Å². The molecule has 14 heavy (non-hydrogen) atoms. The topological polar surface area (TPSA) is 101 Å². The first-order chi connectivity index (χ1) is 5.84. The van der Waals surface area contributed by atoms with Gasteiger partial charge >= 0.3 is 13.8 Å². The summed E-state index contributed by atoms with van der Waals surface area (Å²) in [5.41, 5.74) is 0. The van der Waals surface area contributed by atoms with E-state index in [-0.39, 0.29) is 6.26 Å². The highest BCUT2D eigenvalue weighted by atomic mass is 32.2. The molecule has 0 saturated heterocycles. The summed E-state index contributed by atoms with van der Waals surface area (Å²) in [5, 5.41) is 0. The first-order valence-corrected chi connectivity index (χ1v) is 6.34. The smallest absolute Gasteiger partial charge is 0.322 e. The number of rotatable bonds is 3. The van der Waals surface area contributed by atoms with Gasteiger partial charge in [0.15, 0.2) is 0 Å². The van der Waals surface area contributed by atoms with Crippen molar-refractivity contribution < 1.29 is 40.1 Å². The molecule has 0 aliphatic carbocycles. The van der Waals surface area contributed by atoms with Crippen LogP contribution in [0.15, 0.2) is 0 Å². The molecular formula is C3H6F3O6PS. The zero-order valence-corrected chi connectivity index (χ0v) is 8.31. The van der Waals surface area contributed by atoms with Crippen LogP contribution in [0, 0.1) is 0 Å². The van der Waals surface area contributed by atoms with Gasteiger partial charge in [-0.25, -0.2) is 4.18 Å². The predicted octanol–water partition coefficient (Wildman–Crippen LogP) is 0.0287. The summed E-state index contributed by atoms with van der Waals surface area (Å²) in [7, 11) is -10.3. The Morgan fingerprint density at radius 1 is 1.36 bits per heavy atom. The Kier molecular flexibility index (Phi) is 3.74. The van der Waals surface area contributed by atoms with E-state index >= 15 is 0 Å². The van der Waals surface area contributed by atoms with Gasteiger partial charge < -0.3 is 9.79 Å². The minimum atomic E-state index is -5.72. The van der Waals surface area contributed by atoms with Gasteiger partial charge in [-0.1, -0.05) is 0 Å². The molecule has 1 unspecified atom stereocenters. The van der Waals surface area contributed by atoms with Crippen LogP contribution in [0.25, 0.3) is 0 Å². The van der Waals surface area contributed by atoms with Gasteiger partial charge in [0.2, 0.25) is 0 Å². The second kappa shape index (κ2) is 3.78. The van der Waals surface area contributed by atoms with E-state index < -0.39 is 29.7 Å². The van der Waals surface area contributed by atoms with Crippen molar-refractivity contribution in [1.29, 1.82) is 0 Å². The molecule has 2 N–H and O–H groups in total. The highest BCUT2D eigenvalue weighted by molar-refractivity contribution is 7.86. The molecule has 0 fully saturated rings. The lowest BCUT2D eigenvalue weighted by atomic mass is 10.7. The molecule has 0 aliphatic rings. The lowest BCUT2D eigenvalue weighted by Crippen LogP contribution is -2.33. The molecule has 0 spiro atoms. The lowest BCUT2D eigenvalue weighted by molar-refractivity contribution is -0.172. The Labute approximate surface area is 77.0 Å². The van der Waals surface area contributed by atoms with Crippen LogP contribution in [0.3, 0.4) is 0 Å². The lowest BCUT2D eigenvalue weighted by Gasteiger charge is -2.19. The van der Waals surface area contributed by atoms with Crippen LogP contribution in [-0.4, -0.2) is 36.5 Å². The normalized spacial score (nSPS) is 16.7. The van der Waals surface area contributed by atoms with E-state index in [9.17, 15) is 26.2 Å². The van der Waals surface area contributed by atoms with Gasteiger partial charge in [-0.2, -0.15) is 21.6 Å². The summed E-state index contributed by atoms with van der Waals surface area (Å²) < 4.78 is 69.6. The Hall–Kier alpha value is -0.150. The molecule has 0 aromatic rings. The number of alkyl halides is 3. The van der Waals surface area contributed by atoms with Crippen molar-refractivity contribution in [3.63, 3.8) is 0 Å². The summed E-state index contributed by atoms with van der Waals surface area (Å²) in [6, 6.07) is 0. The van der Waals surface area contributed by atoms with Gasteiger partial charge in [0.25, 0.3) is 16.0 Å². The van der Waals surface area contributed by atoms with E-state index in [1.54, 1.807) is 0 Å². The summed E-state index contributed by atoms with van der Waals surface area (Å²) >= 11 is 0. The molecule has 0 radical (unpaired) electrons. The Bertz CT molecular complexity index is 340. The van der Waals surface area contributed by atoms with E-state index in [0.29, 0.717) is 0 Å². The van der Waals surface area contributed by atoms with Crippen LogP contribution in [0.1, 0.15) is 0 Å². The summed E-state index contributed by atoms with van der Waals surface area (Å²) in [6.07, 6.45) is -5.20. The highest BCUT2D eigenvalue weighted by Crippen LogP contribution is 2.50. The van der Waals surface area contributed by atoms with Crippen LogP contribution < -0.4 is 0 Å². The second-order valence-electron chi connectivity index (χ2n) is 2.28. The van der Waals surface area contributed by atoms with Crippen molar-refractivity contribution in [3.05, 3.63) is 0 Å². The Morgan fingerprint density at radius 3 is 1.79 bits per heavy atom. The third-order valence-corrected chi connectivity index (χ3v) is 2.55. The molecule has 0 amide bonds. The van der Waals surface area contributed by atoms with E-state index in [1.807, 2.05) is 0 Å². The fourth-order valence-electron chi connectivity index (χ4n) is 0.467. The van der Waals surface area contributed by atoms with E-state index in [0.717, 1.165) is 0 Å². The standard InChI is InChI=1S/C3H6F3O6PS/c1-14(10,11)12-2(3(4,5)6)13(7,8)9/h2H,1H3,(H2,7,8,9). The summed E-state index contributed by atoms with van der Waals surface area (Å²) in [4.78, 5) is 16.4. The van der Waals surface area contributed by atoms with Crippen LogP contribution >= 0.6 is 7.60 Å². The summed E-state index contributed by atoms with van der Waals surface area (Å²) in [5.74, 6) is -3.65. The van der Waals surface area contributed by atoms with Gasteiger partial charge in [-0.3, -0.25) is 4.57 Å². The van der Waals surface area contributed by atoms with Crippen LogP contribution in [0.4, 0.5) is 13.2 Å². The second-order valence-corrected chi connectivity index (χ2v) is 5.53. The highest BCUT2D eigenvalue weighted by Gasteiger charge is 2.54. The van der Waals surface area contributed by atoms with Gasteiger partial charge in [-0.05, 0) is 0 Å². The SMILES string of the molecule is CS(=O)(=O)OC(C(F)(F)F)P(=O)(O)O. The van der Waals surface area contributed by atoms with E-state index in [4.69, 9.17) is 9.79 Å². The third-order valence-electron chi connectivity index (χ3n) is 0.851. The van der Waals surface area contributed by atoms with E-state index in [1.165, 1.54) is 0 Å². The fraction of sp³-hybridized carbons (Fsp3) is 1.00. The molecule has 6 nitrogen and oxygen atoms in total. The molecule has 0 aromatic heterocycles. The van der Waals surface area contributed by atoms with Gasteiger partial charge in [0, 0.05) is 0 Å². The maximum atomic E-state index is 11.9. The minimum absolute atomic E-state index is 0.251. The summed E-state index contributed by atoms with van der Waals surface area (Å²) in [6.45, 7) is 0. The molecule has 1 atom stereocenters. The number of hydrogen-bond donors (Lipinski definition) is 2. The average Bonchev–Trinajstić information content (AvgIpc) is 1.75. The Morgan fingerprint density at radius 2 is 1.71 bits per heavy atom. The molecule has 0 heterocycles. The van der Waals surface area contributed by atoms with E-state index in [2.05, 4.69) is 4.18 Å². The molecule has 11 heteroatoms. The van der Waals surface area contributed by atoms with Crippen LogP contribution in [-0.2, 0) is 18.9 Å². The predicted molar refractivity (Wildman–Crippen MR) is 37.8 cm³/mol.